The van der Waals surface area contributed by atoms with Crippen LogP contribution in [0, 0.1) is 12.3 Å². The van der Waals surface area contributed by atoms with E-state index >= 15 is 0 Å². The summed E-state index contributed by atoms with van der Waals surface area (Å²) >= 11 is 6.31. The molecule has 4 N–H and O–H groups in total. The number of nitrogens with two attached hydrogens (primary N) is 1. The summed E-state index contributed by atoms with van der Waals surface area (Å²) in [5.74, 6) is -1.02. The number of nitrogens with zero attached hydrogens (tertiary/aromatic N) is 3. The number of nitrogens with one attached hydrogen (secondary N) is 1. The highest BCUT2D eigenvalue weighted by molar-refractivity contribution is 6.30. The van der Waals surface area contributed by atoms with Crippen molar-refractivity contribution in [2.45, 2.75) is 70.7 Å². The van der Waals surface area contributed by atoms with Gasteiger partial charge in [-0.05, 0) is 65.8 Å². The summed E-state index contributed by atoms with van der Waals surface area (Å²) < 4.78 is 49.9. The number of hydrogen-bond donors (Lipinski definition) is 3. The van der Waals surface area contributed by atoms with Gasteiger partial charge < -0.3 is 25.8 Å². The predicted octanol–water partition coefficient (Wildman–Crippen LogP) is 6.70. The fraction of sp³-hybridized carbons (Fsp3) is 0.469. The van der Waals surface area contributed by atoms with Crippen molar-refractivity contribution < 1.29 is 27.8 Å². The van der Waals surface area contributed by atoms with Gasteiger partial charge >= 0.3 is 12.1 Å². The average molecular weight is 632 g/mol. The first-order valence-electron chi connectivity index (χ1n) is 14.5. The lowest BCUT2D eigenvalue weighted by Crippen LogP contribution is -2.41. The maximum atomic E-state index is 14.8. The van der Waals surface area contributed by atoms with E-state index in [9.17, 15) is 23.1 Å². The number of benzene rings is 2. The molecule has 2 aliphatic heterocycles. The zero-order chi connectivity index (χ0) is 32.0. The number of halogens is 4. The lowest BCUT2D eigenvalue weighted by Gasteiger charge is -2.39. The molecule has 44 heavy (non-hydrogen) atoms. The molecule has 2 aliphatic rings. The monoisotopic (exact) mass is 631 g/mol. The summed E-state index contributed by atoms with van der Waals surface area (Å²) in [6.07, 6.45) is -5.22. The average Bonchev–Trinajstić information content (AvgIpc) is 3.34. The number of alkyl halides is 3. The molecule has 1 aromatic heterocycles. The van der Waals surface area contributed by atoms with Crippen LogP contribution in [-0.4, -0.2) is 52.9 Å². The molecule has 0 aliphatic carbocycles. The van der Waals surface area contributed by atoms with E-state index in [2.05, 4.69) is 15.3 Å². The molecule has 2 atom stereocenters. The molecule has 5 rings (SSSR count). The van der Waals surface area contributed by atoms with Crippen LogP contribution in [0.3, 0.4) is 0 Å². The first kappa shape index (κ1) is 31.8. The quantitative estimate of drug-likeness (QED) is 0.275. The van der Waals surface area contributed by atoms with Gasteiger partial charge in [0.15, 0.2) is 0 Å². The topological polar surface area (TPSA) is 114 Å². The molecule has 3 aromatic rings. The standard InChI is InChI=1S/C32H37ClF3N5O3/c1-18-11-19(13-20(12-18)30(2,3)4)23-14-21(33)5-6-22(23)27(32(34,35)36)44-26-15-25(39-29(37)40-26)41-9-7-31(8-10-41)16-24(28(42)43)38-17-31/h5-6,11-15,24,27,38H,7-10,16-17H2,1-4H3,(H,42,43)(H2,37,39,40)/t24-,27+/m0/s1. The highest BCUT2D eigenvalue weighted by Crippen LogP contribution is 2.44. The molecule has 2 fully saturated rings. The normalized spacial score (nSPS) is 19.3. The molecule has 3 heterocycles. The Hall–Kier alpha value is -3.57. The van der Waals surface area contributed by atoms with Gasteiger partial charge in [-0.2, -0.15) is 23.1 Å². The van der Waals surface area contributed by atoms with Crippen molar-refractivity contribution in [3.63, 3.8) is 0 Å². The molecule has 2 aromatic carbocycles. The van der Waals surface area contributed by atoms with Gasteiger partial charge in [-0.15, -0.1) is 0 Å². The Morgan fingerprint density at radius 3 is 2.45 bits per heavy atom. The van der Waals surface area contributed by atoms with Crippen molar-refractivity contribution in [3.8, 4) is 17.0 Å². The van der Waals surface area contributed by atoms with Crippen LogP contribution in [0.15, 0.2) is 42.5 Å². The lowest BCUT2D eigenvalue weighted by atomic mass is 9.76. The van der Waals surface area contributed by atoms with Gasteiger partial charge in [0, 0.05) is 36.3 Å². The maximum Gasteiger partial charge on any atom is 0.429 e. The van der Waals surface area contributed by atoms with Crippen molar-refractivity contribution in [3.05, 3.63) is 64.2 Å². The summed E-state index contributed by atoms with van der Waals surface area (Å²) in [7, 11) is 0. The van der Waals surface area contributed by atoms with Gasteiger partial charge in [0.05, 0.1) is 0 Å². The van der Waals surface area contributed by atoms with Gasteiger partial charge in [0.25, 0.3) is 0 Å². The Morgan fingerprint density at radius 2 is 1.84 bits per heavy atom. The van der Waals surface area contributed by atoms with Crippen molar-refractivity contribution in [1.82, 2.24) is 15.3 Å². The van der Waals surface area contributed by atoms with Gasteiger partial charge in [-0.1, -0.05) is 62.2 Å². The molecule has 12 heteroatoms. The Balaban J connectivity index is 1.45. The number of ether oxygens (including phenoxy) is 1. The van der Waals surface area contributed by atoms with Crippen molar-refractivity contribution in [2.75, 3.05) is 30.3 Å². The molecule has 0 radical (unpaired) electrons. The largest absolute Gasteiger partial charge is 0.480 e. The third kappa shape index (κ3) is 6.89. The van der Waals surface area contributed by atoms with Crippen LogP contribution in [0.1, 0.15) is 62.8 Å². The van der Waals surface area contributed by atoms with E-state index in [1.165, 1.54) is 24.3 Å². The summed E-state index contributed by atoms with van der Waals surface area (Å²) in [4.78, 5) is 21.6. The molecule has 0 unspecified atom stereocenters. The van der Waals surface area contributed by atoms with Gasteiger partial charge in [0.2, 0.25) is 17.9 Å². The van der Waals surface area contributed by atoms with E-state index in [1.54, 1.807) is 0 Å². The SMILES string of the molecule is Cc1cc(-c2cc(Cl)ccc2[C@@H](Oc2cc(N3CCC4(CC3)CN[C@H](C(=O)O)C4)nc(N)n2)C(F)(F)F)cc(C(C)(C)C)c1. The molecule has 1 spiro atoms. The Morgan fingerprint density at radius 1 is 1.14 bits per heavy atom. The summed E-state index contributed by atoms with van der Waals surface area (Å²) in [5, 5.41) is 12.8. The van der Waals surface area contributed by atoms with Crippen LogP contribution in [0.5, 0.6) is 5.88 Å². The first-order chi connectivity index (χ1) is 20.5. The minimum absolute atomic E-state index is 0.104. The highest BCUT2D eigenvalue weighted by atomic mass is 35.5. The third-order valence-electron chi connectivity index (χ3n) is 8.60. The van der Waals surface area contributed by atoms with Gasteiger partial charge in [-0.25, -0.2) is 0 Å². The summed E-state index contributed by atoms with van der Waals surface area (Å²) in [6, 6.07) is 10.8. The number of piperidine rings is 1. The van der Waals surface area contributed by atoms with Crippen LogP contribution < -0.4 is 20.7 Å². The second-order valence-corrected chi connectivity index (χ2v) is 13.4. The zero-order valence-corrected chi connectivity index (χ0v) is 25.9. The third-order valence-corrected chi connectivity index (χ3v) is 8.84. The Kier molecular flexibility index (Phi) is 8.50. The van der Waals surface area contributed by atoms with Crippen molar-refractivity contribution in [2.24, 2.45) is 5.41 Å². The van der Waals surface area contributed by atoms with E-state index in [0.29, 0.717) is 60.9 Å². The predicted molar refractivity (Wildman–Crippen MR) is 164 cm³/mol. The van der Waals surface area contributed by atoms with E-state index in [-0.39, 0.29) is 28.2 Å². The molecule has 0 bridgehead atoms. The molecule has 0 amide bonds. The Labute approximate surface area is 259 Å². The number of hydrogen-bond acceptors (Lipinski definition) is 7. The smallest absolute Gasteiger partial charge is 0.429 e. The fourth-order valence-corrected chi connectivity index (χ4v) is 6.31. The number of nitrogen functional groups attached to an aromatic ring is 1. The van der Waals surface area contributed by atoms with Crippen molar-refractivity contribution >= 4 is 29.3 Å². The number of carboxylic acids is 1. The Bertz CT molecular complexity index is 1550. The highest BCUT2D eigenvalue weighted by Gasteiger charge is 2.46. The minimum Gasteiger partial charge on any atom is -0.480 e. The number of anilines is 2. The minimum atomic E-state index is -4.80. The number of rotatable bonds is 6. The second-order valence-electron chi connectivity index (χ2n) is 13.0. The summed E-state index contributed by atoms with van der Waals surface area (Å²) in [5.41, 5.74) is 8.28. The number of aromatic nitrogens is 2. The molecule has 2 saturated heterocycles. The van der Waals surface area contributed by atoms with E-state index in [1.807, 2.05) is 50.8 Å². The number of carbonyl (C=O) groups is 1. The number of carboxylic acid groups (broad SMARTS) is 1. The molecule has 236 valence electrons. The second kappa shape index (κ2) is 11.7. The number of aliphatic carboxylic acids is 1. The molecule has 8 nitrogen and oxygen atoms in total. The molecule has 0 saturated carbocycles. The zero-order valence-electron chi connectivity index (χ0n) is 25.1. The van der Waals surface area contributed by atoms with Gasteiger partial charge in [-0.3, -0.25) is 4.79 Å². The maximum absolute atomic E-state index is 14.8. The first-order valence-corrected chi connectivity index (χ1v) is 14.9. The molecular weight excluding hydrogens is 595 g/mol. The van der Waals surface area contributed by atoms with Crippen LogP contribution in [0.25, 0.3) is 11.1 Å². The molecular formula is C32H37ClF3N5O3. The van der Waals surface area contributed by atoms with E-state index in [4.69, 9.17) is 22.1 Å². The van der Waals surface area contributed by atoms with E-state index < -0.39 is 24.3 Å². The fourth-order valence-electron chi connectivity index (χ4n) is 6.14. The number of aryl methyl sites for hydroxylation is 1. The van der Waals surface area contributed by atoms with Gasteiger partial charge in [0.1, 0.15) is 11.9 Å². The van der Waals surface area contributed by atoms with Crippen LogP contribution in [0.4, 0.5) is 24.9 Å². The van der Waals surface area contributed by atoms with Crippen molar-refractivity contribution in [1.29, 1.82) is 0 Å². The van der Waals surface area contributed by atoms with Crippen LogP contribution >= 0.6 is 11.6 Å². The van der Waals surface area contributed by atoms with Crippen LogP contribution in [0.2, 0.25) is 5.02 Å². The summed E-state index contributed by atoms with van der Waals surface area (Å²) in [6.45, 7) is 9.72. The van der Waals surface area contributed by atoms with Crippen LogP contribution in [-0.2, 0) is 10.2 Å². The van der Waals surface area contributed by atoms with E-state index in [0.717, 1.165) is 11.1 Å². The lowest BCUT2D eigenvalue weighted by molar-refractivity contribution is -0.198.